The van der Waals surface area contributed by atoms with E-state index in [1.54, 1.807) is 0 Å². The van der Waals surface area contributed by atoms with Crippen LogP contribution >= 0.6 is 0 Å². The van der Waals surface area contributed by atoms with Crippen LogP contribution in [0, 0.1) is 5.92 Å². The summed E-state index contributed by atoms with van der Waals surface area (Å²) < 4.78 is 0. The fraction of sp³-hybridized carbons (Fsp3) is 0.600. The maximum atomic E-state index is 5.88. The van der Waals surface area contributed by atoms with E-state index in [0.717, 1.165) is 12.5 Å². The smallest absolute Gasteiger partial charge is 0.0256 e. The lowest BCUT2D eigenvalue weighted by molar-refractivity contribution is 0.446. The minimum Gasteiger partial charge on any atom is -0.329 e. The van der Waals surface area contributed by atoms with E-state index in [2.05, 4.69) is 42.6 Å². The van der Waals surface area contributed by atoms with Crippen molar-refractivity contribution in [2.45, 2.75) is 38.1 Å². The molecule has 2 atom stereocenters. The molecule has 2 unspecified atom stereocenters. The normalized spacial score (nSPS) is 18.9. The summed E-state index contributed by atoms with van der Waals surface area (Å²) in [7, 11) is 0. The molecular weight excluding hydrogens is 208 g/mol. The second kappa shape index (κ2) is 6.18. The first-order chi connectivity index (χ1) is 8.31. The van der Waals surface area contributed by atoms with Crippen molar-refractivity contribution in [2.75, 3.05) is 13.1 Å². The van der Waals surface area contributed by atoms with Gasteiger partial charge in [0.25, 0.3) is 0 Å². The Morgan fingerprint density at radius 1 is 1.29 bits per heavy atom. The molecule has 2 nitrogen and oxygen atoms in total. The number of rotatable bonds is 7. The molecule has 1 fully saturated rings. The summed E-state index contributed by atoms with van der Waals surface area (Å²) >= 11 is 0. The standard InChI is InChI=1S/C15H24N2/c1-12(14-5-3-2-4-6-14)15(11-16)17-10-9-13-7-8-13/h2-6,12-13,15,17H,7-11,16H2,1H3. The molecule has 0 radical (unpaired) electrons. The third-order valence-corrected chi connectivity index (χ3v) is 3.84. The Kier molecular flexibility index (Phi) is 4.57. The molecule has 17 heavy (non-hydrogen) atoms. The Bertz CT molecular complexity index is 319. The van der Waals surface area contributed by atoms with Gasteiger partial charge in [-0.05, 0) is 30.4 Å². The first kappa shape index (κ1) is 12.6. The van der Waals surface area contributed by atoms with Gasteiger partial charge in [0.05, 0.1) is 0 Å². The van der Waals surface area contributed by atoms with Gasteiger partial charge in [-0.1, -0.05) is 50.1 Å². The van der Waals surface area contributed by atoms with Gasteiger partial charge in [0.15, 0.2) is 0 Å². The molecule has 0 saturated heterocycles. The average molecular weight is 232 g/mol. The van der Waals surface area contributed by atoms with Gasteiger partial charge >= 0.3 is 0 Å². The van der Waals surface area contributed by atoms with Crippen LogP contribution in [0.2, 0.25) is 0 Å². The van der Waals surface area contributed by atoms with Crippen LogP contribution in [0.3, 0.4) is 0 Å². The second-order valence-electron chi connectivity index (χ2n) is 5.23. The van der Waals surface area contributed by atoms with Crippen LogP contribution in [-0.4, -0.2) is 19.1 Å². The number of hydrogen-bond donors (Lipinski definition) is 2. The van der Waals surface area contributed by atoms with Crippen molar-refractivity contribution in [3.8, 4) is 0 Å². The maximum absolute atomic E-state index is 5.88. The zero-order valence-corrected chi connectivity index (χ0v) is 10.7. The zero-order valence-electron chi connectivity index (χ0n) is 10.7. The van der Waals surface area contributed by atoms with E-state index in [4.69, 9.17) is 5.73 Å². The highest BCUT2D eigenvalue weighted by atomic mass is 14.9. The van der Waals surface area contributed by atoms with E-state index >= 15 is 0 Å². The lowest BCUT2D eigenvalue weighted by Crippen LogP contribution is -2.40. The molecule has 1 aliphatic carbocycles. The van der Waals surface area contributed by atoms with Crippen LogP contribution < -0.4 is 11.1 Å². The van der Waals surface area contributed by atoms with Crippen LogP contribution in [-0.2, 0) is 0 Å². The molecule has 1 saturated carbocycles. The number of nitrogens with two attached hydrogens (primary N) is 1. The summed E-state index contributed by atoms with van der Waals surface area (Å²) in [4.78, 5) is 0. The molecule has 1 aromatic carbocycles. The quantitative estimate of drug-likeness (QED) is 0.758. The lowest BCUT2D eigenvalue weighted by atomic mass is 9.93. The van der Waals surface area contributed by atoms with Crippen LogP contribution in [0.1, 0.15) is 37.7 Å². The molecule has 2 rings (SSSR count). The minimum absolute atomic E-state index is 0.399. The van der Waals surface area contributed by atoms with Gasteiger partial charge in [-0.2, -0.15) is 0 Å². The van der Waals surface area contributed by atoms with Gasteiger partial charge in [-0.25, -0.2) is 0 Å². The Balaban J connectivity index is 1.83. The SMILES string of the molecule is CC(c1ccccc1)C(CN)NCCC1CC1. The third kappa shape index (κ3) is 3.83. The van der Waals surface area contributed by atoms with Gasteiger partial charge in [0, 0.05) is 12.6 Å². The third-order valence-electron chi connectivity index (χ3n) is 3.84. The molecule has 1 aliphatic rings. The van der Waals surface area contributed by atoms with E-state index in [1.807, 2.05) is 0 Å². The lowest BCUT2D eigenvalue weighted by Gasteiger charge is -2.24. The molecule has 0 spiro atoms. The Morgan fingerprint density at radius 2 is 2.00 bits per heavy atom. The van der Waals surface area contributed by atoms with Crippen molar-refractivity contribution in [3.05, 3.63) is 35.9 Å². The summed E-state index contributed by atoms with van der Waals surface area (Å²) in [6.45, 7) is 4.08. The number of nitrogens with one attached hydrogen (secondary N) is 1. The Hall–Kier alpha value is -0.860. The molecule has 1 aromatic rings. The summed E-state index contributed by atoms with van der Waals surface area (Å²) in [5, 5.41) is 3.61. The predicted molar refractivity (Wildman–Crippen MR) is 73.0 cm³/mol. The molecule has 0 bridgehead atoms. The van der Waals surface area contributed by atoms with E-state index in [9.17, 15) is 0 Å². The van der Waals surface area contributed by atoms with Crippen molar-refractivity contribution in [3.63, 3.8) is 0 Å². The molecule has 0 aliphatic heterocycles. The van der Waals surface area contributed by atoms with Crippen molar-refractivity contribution in [1.82, 2.24) is 5.32 Å². The fourth-order valence-corrected chi connectivity index (χ4v) is 2.33. The number of benzene rings is 1. The first-order valence-electron chi connectivity index (χ1n) is 6.79. The highest BCUT2D eigenvalue weighted by Crippen LogP contribution is 2.31. The summed E-state index contributed by atoms with van der Waals surface area (Å²) in [5.41, 5.74) is 7.26. The minimum atomic E-state index is 0.399. The van der Waals surface area contributed by atoms with Crippen LogP contribution in [0.4, 0.5) is 0 Å². The molecule has 0 aromatic heterocycles. The van der Waals surface area contributed by atoms with Crippen molar-refractivity contribution < 1.29 is 0 Å². The average Bonchev–Trinajstić information content (AvgIpc) is 3.19. The molecule has 2 heteroatoms. The molecule has 0 heterocycles. The van der Waals surface area contributed by atoms with Crippen molar-refractivity contribution in [1.29, 1.82) is 0 Å². The topological polar surface area (TPSA) is 38.0 Å². The second-order valence-corrected chi connectivity index (χ2v) is 5.23. The predicted octanol–water partition coefficient (Wildman–Crippen LogP) is 2.51. The molecule has 94 valence electrons. The number of hydrogen-bond acceptors (Lipinski definition) is 2. The van der Waals surface area contributed by atoms with E-state index < -0.39 is 0 Å². The van der Waals surface area contributed by atoms with Crippen LogP contribution in [0.25, 0.3) is 0 Å². The Labute approximate surface area is 105 Å². The van der Waals surface area contributed by atoms with Gasteiger partial charge < -0.3 is 11.1 Å². The molecule has 0 amide bonds. The molecular formula is C15H24N2. The van der Waals surface area contributed by atoms with Crippen LogP contribution in [0.5, 0.6) is 0 Å². The summed E-state index contributed by atoms with van der Waals surface area (Å²) in [6.07, 6.45) is 4.18. The van der Waals surface area contributed by atoms with E-state index in [0.29, 0.717) is 18.5 Å². The van der Waals surface area contributed by atoms with Crippen molar-refractivity contribution in [2.24, 2.45) is 11.7 Å². The van der Waals surface area contributed by atoms with Gasteiger partial charge in [-0.3, -0.25) is 0 Å². The fourth-order valence-electron chi connectivity index (χ4n) is 2.33. The van der Waals surface area contributed by atoms with Gasteiger partial charge in [0.2, 0.25) is 0 Å². The zero-order chi connectivity index (χ0) is 12.1. The monoisotopic (exact) mass is 232 g/mol. The van der Waals surface area contributed by atoms with Gasteiger partial charge in [0.1, 0.15) is 0 Å². The largest absolute Gasteiger partial charge is 0.329 e. The highest BCUT2D eigenvalue weighted by Gasteiger charge is 2.22. The summed E-state index contributed by atoms with van der Waals surface area (Å²) in [5.74, 6) is 1.48. The Morgan fingerprint density at radius 3 is 2.59 bits per heavy atom. The van der Waals surface area contributed by atoms with E-state index in [-0.39, 0.29) is 0 Å². The van der Waals surface area contributed by atoms with E-state index in [1.165, 1.54) is 24.8 Å². The van der Waals surface area contributed by atoms with Crippen molar-refractivity contribution >= 4 is 0 Å². The first-order valence-corrected chi connectivity index (χ1v) is 6.79. The summed E-state index contributed by atoms with van der Waals surface area (Å²) in [6, 6.07) is 11.0. The maximum Gasteiger partial charge on any atom is 0.0256 e. The highest BCUT2D eigenvalue weighted by molar-refractivity contribution is 5.20. The van der Waals surface area contributed by atoms with Crippen LogP contribution in [0.15, 0.2) is 30.3 Å². The molecule has 3 N–H and O–H groups in total. The van der Waals surface area contributed by atoms with Gasteiger partial charge in [-0.15, -0.1) is 0 Å².